The van der Waals surface area contributed by atoms with E-state index in [0.717, 1.165) is 15.6 Å². The Bertz CT molecular complexity index is 820. The van der Waals surface area contributed by atoms with Gasteiger partial charge in [0.15, 0.2) is 0 Å². The number of aromatic nitrogens is 2. The van der Waals surface area contributed by atoms with Crippen molar-refractivity contribution < 1.29 is 13.9 Å². The Morgan fingerprint density at radius 3 is 3.05 bits per heavy atom. The Balaban J connectivity index is 2.04. The summed E-state index contributed by atoms with van der Waals surface area (Å²) >= 11 is 3.45. The molecule has 0 atom stereocenters. The molecule has 3 rings (SSSR count). The molecule has 0 fully saturated rings. The Morgan fingerprint density at radius 1 is 1.48 bits per heavy atom. The van der Waals surface area contributed by atoms with Crippen molar-refractivity contribution in [1.29, 1.82) is 0 Å². The summed E-state index contributed by atoms with van der Waals surface area (Å²) < 4.78 is 13.4. The van der Waals surface area contributed by atoms with Crippen molar-refractivity contribution >= 4 is 27.4 Å². The summed E-state index contributed by atoms with van der Waals surface area (Å²) in [6.07, 6.45) is 3.58. The summed E-state index contributed by atoms with van der Waals surface area (Å²) in [5.74, 6) is 0.818. The zero-order chi connectivity index (χ0) is 15.0. The fraction of sp³-hybridized carbons (Fsp3) is 0.200. The molecule has 0 radical (unpaired) electrons. The van der Waals surface area contributed by atoms with Crippen molar-refractivity contribution in [1.82, 2.24) is 9.61 Å². The molecule has 108 valence electrons. The third-order valence-electron chi connectivity index (χ3n) is 3.17. The Hall–Kier alpha value is -2.08. The minimum atomic E-state index is -0.364. The van der Waals surface area contributed by atoms with Gasteiger partial charge in [-0.2, -0.15) is 5.10 Å². The van der Waals surface area contributed by atoms with Crippen LogP contribution >= 0.6 is 15.9 Å². The molecule has 3 aromatic rings. The number of hydrogen-bond acceptors (Lipinski definition) is 4. The fourth-order valence-electron chi connectivity index (χ4n) is 2.14. The van der Waals surface area contributed by atoms with Crippen LogP contribution < -0.4 is 0 Å². The van der Waals surface area contributed by atoms with Crippen molar-refractivity contribution in [3.8, 4) is 11.3 Å². The van der Waals surface area contributed by atoms with Gasteiger partial charge in [-0.15, -0.1) is 0 Å². The summed E-state index contributed by atoms with van der Waals surface area (Å²) in [4.78, 5) is 11.8. The topological polar surface area (TPSA) is 56.7 Å². The van der Waals surface area contributed by atoms with Crippen molar-refractivity contribution in [2.45, 2.75) is 13.8 Å². The van der Waals surface area contributed by atoms with E-state index in [1.807, 2.05) is 18.3 Å². The van der Waals surface area contributed by atoms with E-state index in [4.69, 9.17) is 9.15 Å². The number of carbonyl (C=O) groups excluding carboxylic acids is 1. The number of carbonyl (C=O) groups is 1. The molecule has 0 unspecified atom stereocenters. The quantitative estimate of drug-likeness (QED) is 0.674. The molecule has 0 aliphatic rings. The molecule has 3 aromatic heterocycles. The standard InChI is InChI=1S/C15H13BrN2O3/c1-3-20-15(19)11-7-14(21-9(11)2)10-4-5-18-13(6-10)12(16)8-17-18/h4-8H,3H2,1-2H3. The lowest BCUT2D eigenvalue weighted by molar-refractivity contribution is 0.0524. The van der Waals surface area contributed by atoms with Gasteiger partial charge in [-0.1, -0.05) is 0 Å². The first-order chi connectivity index (χ1) is 10.1. The number of furan rings is 1. The number of nitrogens with zero attached hydrogens (tertiary/aromatic N) is 2. The lowest BCUT2D eigenvalue weighted by atomic mass is 10.1. The second kappa shape index (κ2) is 5.37. The van der Waals surface area contributed by atoms with Crippen LogP contribution in [-0.4, -0.2) is 22.2 Å². The second-order valence-electron chi connectivity index (χ2n) is 4.54. The van der Waals surface area contributed by atoms with Crippen LogP contribution in [-0.2, 0) is 4.74 Å². The van der Waals surface area contributed by atoms with Crippen LogP contribution in [0.2, 0.25) is 0 Å². The van der Waals surface area contributed by atoms with Gasteiger partial charge in [0.2, 0.25) is 0 Å². The first-order valence-electron chi connectivity index (χ1n) is 6.51. The minimum Gasteiger partial charge on any atom is -0.462 e. The van der Waals surface area contributed by atoms with Crippen LogP contribution in [0.1, 0.15) is 23.0 Å². The first-order valence-corrected chi connectivity index (χ1v) is 7.30. The highest BCUT2D eigenvalue weighted by Crippen LogP contribution is 2.28. The monoisotopic (exact) mass is 348 g/mol. The van der Waals surface area contributed by atoms with E-state index in [1.54, 1.807) is 30.6 Å². The zero-order valence-corrected chi connectivity index (χ0v) is 13.2. The van der Waals surface area contributed by atoms with Crippen molar-refractivity contribution in [2.24, 2.45) is 0 Å². The van der Waals surface area contributed by atoms with E-state index in [0.29, 0.717) is 23.7 Å². The largest absolute Gasteiger partial charge is 0.462 e. The van der Waals surface area contributed by atoms with Gasteiger partial charge in [-0.05, 0) is 48.0 Å². The third kappa shape index (κ3) is 2.47. The zero-order valence-electron chi connectivity index (χ0n) is 11.6. The number of esters is 1. The van der Waals surface area contributed by atoms with E-state index < -0.39 is 0 Å². The highest BCUT2D eigenvalue weighted by Gasteiger charge is 2.17. The average Bonchev–Trinajstić information content (AvgIpc) is 3.03. The third-order valence-corrected chi connectivity index (χ3v) is 3.78. The van der Waals surface area contributed by atoms with Crippen LogP contribution in [0.5, 0.6) is 0 Å². The Kier molecular flexibility index (Phi) is 3.55. The van der Waals surface area contributed by atoms with E-state index in [-0.39, 0.29) is 5.97 Å². The van der Waals surface area contributed by atoms with Crippen LogP contribution in [0.25, 0.3) is 16.8 Å². The lowest BCUT2D eigenvalue weighted by Crippen LogP contribution is -2.04. The van der Waals surface area contributed by atoms with Gasteiger partial charge in [0.25, 0.3) is 0 Å². The molecule has 5 nitrogen and oxygen atoms in total. The number of aryl methyl sites for hydroxylation is 1. The molecule has 21 heavy (non-hydrogen) atoms. The summed E-state index contributed by atoms with van der Waals surface area (Å²) in [5.41, 5.74) is 2.26. The van der Waals surface area contributed by atoms with Crippen LogP contribution in [0, 0.1) is 6.92 Å². The summed E-state index contributed by atoms with van der Waals surface area (Å²) in [6.45, 7) is 3.87. The number of hydrogen-bond donors (Lipinski definition) is 0. The summed E-state index contributed by atoms with van der Waals surface area (Å²) in [5, 5.41) is 4.19. The minimum absolute atomic E-state index is 0.341. The summed E-state index contributed by atoms with van der Waals surface area (Å²) in [7, 11) is 0. The molecular weight excluding hydrogens is 336 g/mol. The number of halogens is 1. The molecule has 0 bridgehead atoms. The number of pyridine rings is 1. The molecule has 0 aliphatic carbocycles. The maximum absolute atomic E-state index is 11.8. The van der Waals surface area contributed by atoms with Crippen LogP contribution in [0.3, 0.4) is 0 Å². The molecule has 0 aromatic carbocycles. The Labute approximate surface area is 129 Å². The molecule has 0 aliphatic heterocycles. The maximum Gasteiger partial charge on any atom is 0.341 e. The highest BCUT2D eigenvalue weighted by atomic mass is 79.9. The number of fused-ring (bicyclic) bond motifs is 1. The van der Waals surface area contributed by atoms with E-state index in [1.165, 1.54) is 0 Å². The van der Waals surface area contributed by atoms with Crippen molar-refractivity contribution in [2.75, 3.05) is 6.61 Å². The van der Waals surface area contributed by atoms with Gasteiger partial charge < -0.3 is 9.15 Å². The normalized spacial score (nSPS) is 11.0. The maximum atomic E-state index is 11.8. The highest BCUT2D eigenvalue weighted by molar-refractivity contribution is 9.10. The average molecular weight is 349 g/mol. The molecular formula is C15H13BrN2O3. The van der Waals surface area contributed by atoms with E-state index in [9.17, 15) is 4.79 Å². The van der Waals surface area contributed by atoms with Gasteiger partial charge in [-0.25, -0.2) is 9.31 Å². The second-order valence-corrected chi connectivity index (χ2v) is 5.39. The molecule has 0 saturated heterocycles. The van der Waals surface area contributed by atoms with Gasteiger partial charge >= 0.3 is 5.97 Å². The van der Waals surface area contributed by atoms with Gasteiger partial charge in [0.05, 0.1) is 22.8 Å². The smallest absolute Gasteiger partial charge is 0.341 e. The predicted molar refractivity (Wildman–Crippen MR) is 81.3 cm³/mol. The summed E-state index contributed by atoms with van der Waals surface area (Å²) in [6, 6.07) is 5.55. The van der Waals surface area contributed by atoms with Gasteiger partial charge in [0.1, 0.15) is 17.1 Å². The Morgan fingerprint density at radius 2 is 2.29 bits per heavy atom. The van der Waals surface area contributed by atoms with Crippen molar-refractivity contribution in [3.63, 3.8) is 0 Å². The SMILES string of the molecule is CCOC(=O)c1cc(-c2ccn3ncc(Br)c3c2)oc1C. The lowest BCUT2D eigenvalue weighted by Gasteiger charge is -1.98. The number of rotatable bonds is 3. The predicted octanol–water partition coefficient (Wildman–Crippen LogP) is 3.84. The van der Waals surface area contributed by atoms with E-state index in [2.05, 4.69) is 21.0 Å². The van der Waals surface area contributed by atoms with Gasteiger partial charge in [-0.3, -0.25) is 0 Å². The molecule has 0 amide bonds. The van der Waals surface area contributed by atoms with Gasteiger partial charge in [0, 0.05) is 11.8 Å². The fourth-order valence-corrected chi connectivity index (χ4v) is 2.53. The molecule has 6 heteroatoms. The molecule has 0 spiro atoms. The van der Waals surface area contributed by atoms with E-state index >= 15 is 0 Å². The first kappa shape index (κ1) is 13.9. The molecule has 0 N–H and O–H groups in total. The molecule has 0 saturated carbocycles. The van der Waals surface area contributed by atoms with Crippen molar-refractivity contribution in [3.05, 3.63) is 46.4 Å². The van der Waals surface area contributed by atoms with Crippen LogP contribution in [0.4, 0.5) is 0 Å². The number of ether oxygens (including phenoxy) is 1. The molecule has 3 heterocycles. The van der Waals surface area contributed by atoms with Crippen LogP contribution in [0.15, 0.2) is 39.5 Å².